The molecule has 1 aromatic rings. The molecule has 0 unspecified atom stereocenters. The first-order valence-corrected chi connectivity index (χ1v) is 6.61. The van der Waals surface area contributed by atoms with Gasteiger partial charge in [-0.2, -0.15) is 0 Å². The summed E-state index contributed by atoms with van der Waals surface area (Å²) >= 11 is 0. The molecular formula is C15H23N3. The summed E-state index contributed by atoms with van der Waals surface area (Å²) in [6, 6.07) is 6.18. The van der Waals surface area contributed by atoms with Gasteiger partial charge in [0.2, 0.25) is 0 Å². The van der Waals surface area contributed by atoms with Crippen molar-refractivity contribution in [1.82, 2.24) is 15.2 Å². The summed E-state index contributed by atoms with van der Waals surface area (Å²) in [5.41, 5.74) is 2.18. The molecule has 1 aromatic heterocycles. The van der Waals surface area contributed by atoms with Crippen LogP contribution in [-0.2, 0) is 13.1 Å². The van der Waals surface area contributed by atoms with Gasteiger partial charge in [0.05, 0.1) is 17.9 Å². The van der Waals surface area contributed by atoms with Crippen molar-refractivity contribution in [3.8, 4) is 12.3 Å². The van der Waals surface area contributed by atoms with Gasteiger partial charge in [-0.05, 0) is 31.6 Å². The van der Waals surface area contributed by atoms with Crippen LogP contribution in [0.5, 0.6) is 0 Å². The minimum absolute atomic E-state index is 0.677. The maximum atomic E-state index is 5.35. The smallest absolute Gasteiger partial charge is 0.0602 e. The second kappa shape index (κ2) is 8.68. The maximum Gasteiger partial charge on any atom is 0.0602 e. The molecule has 1 rings (SSSR count). The second-order valence-corrected chi connectivity index (χ2v) is 4.30. The van der Waals surface area contributed by atoms with Crippen LogP contribution in [0.3, 0.4) is 0 Å². The van der Waals surface area contributed by atoms with Crippen molar-refractivity contribution in [3.63, 3.8) is 0 Å². The Hall–Kier alpha value is -1.37. The number of aromatic nitrogens is 1. The van der Waals surface area contributed by atoms with Crippen LogP contribution in [0.1, 0.15) is 31.7 Å². The molecule has 3 heteroatoms. The second-order valence-electron chi connectivity index (χ2n) is 4.30. The first-order chi connectivity index (χ1) is 8.80. The minimum atomic E-state index is 0.677. The number of nitrogens with one attached hydrogen (secondary N) is 1. The fraction of sp³-hybridized carbons (Fsp3) is 0.533. The van der Waals surface area contributed by atoms with Gasteiger partial charge in [0.1, 0.15) is 0 Å². The molecule has 0 spiro atoms. The first-order valence-electron chi connectivity index (χ1n) is 6.61. The summed E-state index contributed by atoms with van der Waals surface area (Å²) in [7, 11) is 0. The third kappa shape index (κ3) is 5.31. The molecule has 0 saturated heterocycles. The van der Waals surface area contributed by atoms with Crippen LogP contribution >= 0.6 is 0 Å². The number of nitrogens with zero attached hydrogens (tertiary/aromatic N) is 2. The van der Waals surface area contributed by atoms with Crippen LogP contribution in [0.4, 0.5) is 0 Å². The predicted molar refractivity (Wildman–Crippen MR) is 76.0 cm³/mol. The number of pyridine rings is 1. The maximum absolute atomic E-state index is 5.35. The van der Waals surface area contributed by atoms with Gasteiger partial charge in [0, 0.05) is 13.1 Å². The lowest BCUT2D eigenvalue weighted by atomic mass is 10.2. The quantitative estimate of drug-likeness (QED) is 0.561. The summed E-state index contributed by atoms with van der Waals surface area (Å²) < 4.78 is 0. The van der Waals surface area contributed by atoms with E-state index in [1.807, 2.05) is 0 Å². The zero-order chi connectivity index (χ0) is 13.2. The Labute approximate surface area is 111 Å². The molecule has 0 saturated carbocycles. The predicted octanol–water partition coefficient (Wildman–Crippen LogP) is 2.04. The van der Waals surface area contributed by atoms with Gasteiger partial charge < -0.3 is 5.32 Å². The highest BCUT2D eigenvalue weighted by molar-refractivity contribution is 5.11. The van der Waals surface area contributed by atoms with Crippen molar-refractivity contribution in [2.24, 2.45) is 0 Å². The molecule has 0 aromatic carbocycles. The Morgan fingerprint density at radius 3 is 2.78 bits per heavy atom. The normalized spacial score (nSPS) is 10.6. The lowest BCUT2D eigenvalue weighted by molar-refractivity contribution is 0.312. The number of rotatable bonds is 8. The van der Waals surface area contributed by atoms with Crippen molar-refractivity contribution in [2.45, 2.75) is 33.4 Å². The van der Waals surface area contributed by atoms with Crippen molar-refractivity contribution in [2.75, 3.05) is 19.6 Å². The molecule has 0 fully saturated rings. The SMILES string of the molecule is C#CCN(CC)Cc1cccc(CNCCC)n1. The van der Waals surface area contributed by atoms with E-state index in [9.17, 15) is 0 Å². The standard InChI is InChI=1S/C15H23N3/c1-4-10-16-12-14-8-7-9-15(17-14)13-18(6-3)11-5-2/h2,7-9,16H,4,6,10-13H2,1,3H3. The first kappa shape index (κ1) is 14.7. The third-order valence-corrected chi connectivity index (χ3v) is 2.75. The van der Waals surface area contributed by atoms with Crippen LogP contribution in [0.2, 0.25) is 0 Å². The van der Waals surface area contributed by atoms with E-state index in [0.717, 1.165) is 44.0 Å². The van der Waals surface area contributed by atoms with Gasteiger partial charge in [0.25, 0.3) is 0 Å². The van der Waals surface area contributed by atoms with Crippen molar-refractivity contribution in [3.05, 3.63) is 29.6 Å². The third-order valence-electron chi connectivity index (χ3n) is 2.75. The van der Waals surface area contributed by atoms with Crippen molar-refractivity contribution in [1.29, 1.82) is 0 Å². The Bertz CT molecular complexity index is 382. The van der Waals surface area contributed by atoms with E-state index in [0.29, 0.717) is 6.54 Å². The summed E-state index contributed by atoms with van der Waals surface area (Å²) in [6.45, 7) is 8.59. The Kier molecular flexibility index (Phi) is 7.09. The Morgan fingerprint density at radius 1 is 1.33 bits per heavy atom. The molecule has 1 heterocycles. The summed E-state index contributed by atoms with van der Waals surface area (Å²) in [6.07, 6.45) is 6.49. The van der Waals surface area contributed by atoms with Gasteiger partial charge in [0.15, 0.2) is 0 Å². The summed E-state index contributed by atoms with van der Waals surface area (Å²) in [5, 5.41) is 3.36. The van der Waals surface area contributed by atoms with Gasteiger partial charge in [-0.3, -0.25) is 9.88 Å². The largest absolute Gasteiger partial charge is 0.311 e. The van der Waals surface area contributed by atoms with Crippen LogP contribution in [0, 0.1) is 12.3 Å². The van der Waals surface area contributed by atoms with Gasteiger partial charge in [-0.25, -0.2) is 0 Å². The lowest BCUT2D eigenvalue weighted by Crippen LogP contribution is -2.24. The van der Waals surface area contributed by atoms with E-state index in [1.54, 1.807) is 0 Å². The van der Waals surface area contributed by atoms with E-state index in [-0.39, 0.29) is 0 Å². The summed E-state index contributed by atoms with van der Waals surface area (Å²) in [4.78, 5) is 6.84. The molecule has 18 heavy (non-hydrogen) atoms. The summed E-state index contributed by atoms with van der Waals surface area (Å²) in [5.74, 6) is 2.68. The highest BCUT2D eigenvalue weighted by atomic mass is 15.1. The zero-order valence-corrected chi connectivity index (χ0v) is 11.4. The van der Waals surface area contributed by atoms with Gasteiger partial charge in [-0.1, -0.05) is 25.8 Å². The molecule has 0 aliphatic carbocycles. The fourth-order valence-corrected chi connectivity index (χ4v) is 1.75. The highest BCUT2D eigenvalue weighted by Gasteiger charge is 2.04. The molecule has 0 aliphatic heterocycles. The van der Waals surface area contributed by atoms with Crippen molar-refractivity contribution < 1.29 is 0 Å². The average Bonchev–Trinajstić information content (AvgIpc) is 2.39. The molecule has 0 radical (unpaired) electrons. The molecule has 0 atom stereocenters. The fourth-order valence-electron chi connectivity index (χ4n) is 1.75. The van der Waals surface area contributed by atoms with Crippen LogP contribution in [0.25, 0.3) is 0 Å². The number of hydrogen-bond donors (Lipinski definition) is 1. The van der Waals surface area contributed by atoms with Crippen LogP contribution in [0.15, 0.2) is 18.2 Å². The van der Waals surface area contributed by atoms with E-state index < -0.39 is 0 Å². The van der Waals surface area contributed by atoms with E-state index in [2.05, 4.69) is 53.2 Å². The Morgan fingerprint density at radius 2 is 2.11 bits per heavy atom. The van der Waals surface area contributed by atoms with Gasteiger partial charge >= 0.3 is 0 Å². The average molecular weight is 245 g/mol. The molecule has 3 nitrogen and oxygen atoms in total. The topological polar surface area (TPSA) is 28.2 Å². The number of terminal acetylenes is 1. The molecule has 98 valence electrons. The zero-order valence-electron chi connectivity index (χ0n) is 11.4. The van der Waals surface area contributed by atoms with E-state index in [1.165, 1.54) is 0 Å². The van der Waals surface area contributed by atoms with E-state index in [4.69, 9.17) is 6.42 Å². The van der Waals surface area contributed by atoms with Gasteiger partial charge in [-0.15, -0.1) is 6.42 Å². The molecule has 0 aliphatic rings. The minimum Gasteiger partial charge on any atom is -0.311 e. The molecule has 0 bridgehead atoms. The van der Waals surface area contributed by atoms with Crippen molar-refractivity contribution >= 4 is 0 Å². The molecule has 0 amide bonds. The lowest BCUT2D eigenvalue weighted by Gasteiger charge is -2.17. The van der Waals surface area contributed by atoms with Crippen LogP contribution in [-0.4, -0.2) is 29.5 Å². The monoisotopic (exact) mass is 245 g/mol. The molecular weight excluding hydrogens is 222 g/mol. The van der Waals surface area contributed by atoms with Crippen LogP contribution < -0.4 is 5.32 Å². The van der Waals surface area contributed by atoms with E-state index >= 15 is 0 Å². The molecule has 1 N–H and O–H groups in total. The number of hydrogen-bond acceptors (Lipinski definition) is 3. The highest BCUT2D eigenvalue weighted by Crippen LogP contribution is 2.03. The Balaban J connectivity index is 2.55.